The Morgan fingerprint density at radius 2 is 1.61 bits per heavy atom. The Morgan fingerprint density at radius 3 is 2.30 bits per heavy atom. The lowest BCUT2D eigenvalue weighted by atomic mass is 10.1. The number of aromatic nitrogens is 2. The van der Waals surface area contributed by atoms with E-state index in [0.29, 0.717) is 28.6 Å². The Bertz CT molecular complexity index is 1250. The lowest BCUT2D eigenvalue weighted by Crippen LogP contribution is -2.33. The number of amides is 2. The zero-order valence-electron chi connectivity index (χ0n) is 17.4. The molecule has 0 unspecified atom stereocenters. The number of pyridine rings is 2. The second-order valence-corrected chi connectivity index (χ2v) is 6.96. The lowest BCUT2D eigenvalue weighted by molar-refractivity contribution is -0.115. The van der Waals surface area contributed by atoms with Gasteiger partial charge in [0.15, 0.2) is 0 Å². The largest absolute Gasteiger partial charge is 0.457 e. The zero-order chi connectivity index (χ0) is 23.0. The molecule has 2 heterocycles. The van der Waals surface area contributed by atoms with Gasteiger partial charge in [0.1, 0.15) is 23.1 Å². The van der Waals surface area contributed by atoms with E-state index in [1.165, 1.54) is 18.3 Å². The summed E-state index contributed by atoms with van der Waals surface area (Å²) in [5.74, 6) is 0.371. The Labute approximate surface area is 189 Å². The molecule has 4 aromatic rings. The fourth-order valence-electron chi connectivity index (χ4n) is 2.94. The summed E-state index contributed by atoms with van der Waals surface area (Å²) in [6, 6.07) is 21.5. The predicted octanol–water partition coefficient (Wildman–Crippen LogP) is 4.44. The number of hydrogen-bond donors (Lipinski definition) is 2. The fraction of sp³-hybridized carbons (Fsp3) is 0.0400. The maximum atomic E-state index is 13.0. The van der Waals surface area contributed by atoms with Crippen LogP contribution >= 0.6 is 0 Å². The molecule has 0 bridgehead atoms. The molecule has 0 aliphatic carbocycles. The molecule has 2 aromatic carbocycles. The maximum absolute atomic E-state index is 13.0. The number of anilines is 1. The number of halogens is 1. The van der Waals surface area contributed by atoms with Crippen molar-refractivity contribution in [2.45, 2.75) is 0 Å². The average molecular weight is 442 g/mol. The van der Waals surface area contributed by atoms with Crippen LogP contribution < -0.4 is 15.4 Å². The van der Waals surface area contributed by atoms with Gasteiger partial charge in [0.05, 0.1) is 17.8 Å². The van der Waals surface area contributed by atoms with Crippen LogP contribution in [0, 0.1) is 5.82 Å². The van der Waals surface area contributed by atoms with E-state index in [1.54, 1.807) is 54.7 Å². The molecule has 7 nitrogen and oxygen atoms in total. The molecule has 4 rings (SSSR count). The van der Waals surface area contributed by atoms with Crippen LogP contribution in [-0.4, -0.2) is 28.3 Å². The van der Waals surface area contributed by atoms with Crippen LogP contribution in [0.4, 0.5) is 10.2 Å². The maximum Gasteiger partial charge on any atom is 0.253 e. The highest BCUT2D eigenvalue weighted by Gasteiger charge is 2.09. The van der Waals surface area contributed by atoms with Crippen LogP contribution in [0.3, 0.4) is 0 Å². The van der Waals surface area contributed by atoms with Crippen LogP contribution in [-0.2, 0) is 4.79 Å². The highest BCUT2D eigenvalue weighted by atomic mass is 19.1. The summed E-state index contributed by atoms with van der Waals surface area (Å²) in [5, 5.41) is 5.21. The Morgan fingerprint density at radius 1 is 0.879 bits per heavy atom. The first-order valence-corrected chi connectivity index (χ1v) is 10.1. The second-order valence-electron chi connectivity index (χ2n) is 6.96. The molecule has 164 valence electrons. The Kier molecular flexibility index (Phi) is 6.65. The van der Waals surface area contributed by atoms with Gasteiger partial charge < -0.3 is 15.4 Å². The molecule has 0 saturated carbocycles. The van der Waals surface area contributed by atoms with E-state index in [4.69, 9.17) is 4.74 Å². The standard InChI is InChI=1S/C25H19FN4O3/c26-19-8-12-21(13-9-19)33-20-10-6-17(7-11-20)22-4-1-5-23(29-22)30-24(31)16-28-25(32)18-3-2-14-27-15-18/h1-15H,16H2,(H,28,32)(H,29,30,31). The van der Waals surface area contributed by atoms with E-state index in [2.05, 4.69) is 20.6 Å². The predicted molar refractivity (Wildman–Crippen MR) is 121 cm³/mol. The summed E-state index contributed by atoms with van der Waals surface area (Å²) < 4.78 is 18.7. The van der Waals surface area contributed by atoms with Crippen LogP contribution in [0.25, 0.3) is 11.3 Å². The van der Waals surface area contributed by atoms with Gasteiger partial charge in [0, 0.05) is 18.0 Å². The molecule has 2 N–H and O–H groups in total. The van der Waals surface area contributed by atoms with Crippen LogP contribution in [0.1, 0.15) is 10.4 Å². The van der Waals surface area contributed by atoms with Crippen molar-refractivity contribution in [2.24, 2.45) is 0 Å². The molecule has 0 radical (unpaired) electrons. The molecule has 0 aliphatic heterocycles. The normalized spacial score (nSPS) is 10.3. The van der Waals surface area contributed by atoms with Crippen molar-refractivity contribution in [3.63, 3.8) is 0 Å². The first-order valence-electron chi connectivity index (χ1n) is 10.1. The van der Waals surface area contributed by atoms with Crippen molar-refractivity contribution in [2.75, 3.05) is 11.9 Å². The summed E-state index contributed by atoms with van der Waals surface area (Å²) in [6.45, 7) is -0.199. The number of nitrogens with zero attached hydrogens (tertiary/aromatic N) is 2. The molecule has 0 saturated heterocycles. The molecule has 0 aliphatic rings. The van der Waals surface area contributed by atoms with Gasteiger partial charge in [-0.1, -0.05) is 6.07 Å². The minimum atomic E-state index is -0.403. The lowest BCUT2D eigenvalue weighted by Gasteiger charge is -2.09. The molecule has 2 aromatic heterocycles. The monoisotopic (exact) mass is 442 g/mol. The van der Waals surface area contributed by atoms with Crippen molar-refractivity contribution in [1.29, 1.82) is 0 Å². The first-order chi connectivity index (χ1) is 16.1. The van der Waals surface area contributed by atoms with Gasteiger partial charge in [-0.25, -0.2) is 9.37 Å². The summed E-state index contributed by atoms with van der Waals surface area (Å²) in [4.78, 5) is 32.6. The van der Waals surface area contributed by atoms with Gasteiger partial charge in [-0.3, -0.25) is 14.6 Å². The van der Waals surface area contributed by atoms with Crippen molar-refractivity contribution in [1.82, 2.24) is 15.3 Å². The fourth-order valence-corrected chi connectivity index (χ4v) is 2.94. The molecule has 8 heteroatoms. The van der Waals surface area contributed by atoms with E-state index in [0.717, 1.165) is 5.56 Å². The first kappa shape index (κ1) is 21.6. The van der Waals surface area contributed by atoms with Crippen LogP contribution in [0.15, 0.2) is 91.3 Å². The quantitative estimate of drug-likeness (QED) is 0.441. The topological polar surface area (TPSA) is 93.2 Å². The number of hydrogen-bond acceptors (Lipinski definition) is 5. The van der Waals surface area contributed by atoms with E-state index in [9.17, 15) is 14.0 Å². The van der Waals surface area contributed by atoms with Crippen molar-refractivity contribution >= 4 is 17.6 Å². The summed E-state index contributed by atoms with van der Waals surface area (Å²) in [6.07, 6.45) is 2.99. The zero-order valence-corrected chi connectivity index (χ0v) is 17.4. The van der Waals surface area contributed by atoms with E-state index in [1.807, 2.05) is 18.2 Å². The smallest absolute Gasteiger partial charge is 0.253 e. The summed E-state index contributed by atoms with van der Waals surface area (Å²) in [7, 11) is 0. The molecule has 0 fully saturated rings. The minimum Gasteiger partial charge on any atom is -0.457 e. The third-order valence-corrected chi connectivity index (χ3v) is 4.55. The van der Waals surface area contributed by atoms with Crippen molar-refractivity contribution in [3.8, 4) is 22.8 Å². The molecule has 0 spiro atoms. The molecule has 2 amide bonds. The summed E-state index contributed by atoms with van der Waals surface area (Å²) in [5.41, 5.74) is 1.85. The molecule has 0 atom stereocenters. The third kappa shape index (κ3) is 5.98. The van der Waals surface area contributed by atoms with Gasteiger partial charge in [-0.2, -0.15) is 0 Å². The summed E-state index contributed by atoms with van der Waals surface area (Å²) >= 11 is 0. The number of carbonyl (C=O) groups is 2. The van der Waals surface area contributed by atoms with Gasteiger partial charge in [-0.05, 0) is 72.8 Å². The molecule has 33 heavy (non-hydrogen) atoms. The average Bonchev–Trinajstić information content (AvgIpc) is 2.85. The van der Waals surface area contributed by atoms with Crippen LogP contribution in [0.5, 0.6) is 11.5 Å². The second kappa shape index (κ2) is 10.1. The van der Waals surface area contributed by atoms with E-state index >= 15 is 0 Å². The Balaban J connectivity index is 1.35. The number of rotatable bonds is 7. The molecular formula is C25H19FN4O3. The van der Waals surface area contributed by atoms with Crippen LogP contribution in [0.2, 0.25) is 0 Å². The SMILES string of the molecule is O=C(CNC(=O)c1cccnc1)Nc1cccc(-c2ccc(Oc3ccc(F)cc3)cc2)n1. The van der Waals surface area contributed by atoms with Crippen molar-refractivity contribution in [3.05, 3.63) is 103 Å². The van der Waals surface area contributed by atoms with E-state index < -0.39 is 5.91 Å². The minimum absolute atomic E-state index is 0.199. The van der Waals surface area contributed by atoms with Gasteiger partial charge in [-0.15, -0.1) is 0 Å². The van der Waals surface area contributed by atoms with Gasteiger partial charge in [0.2, 0.25) is 5.91 Å². The highest BCUT2D eigenvalue weighted by Crippen LogP contribution is 2.25. The number of benzene rings is 2. The number of ether oxygens (including phenoxy) is 1. The number of nitrogens with one attached hydrogen (secondary N) is 2. The third-order valence-electron chi connectivity index (χ3n) is 4.55. The van der Waals surface area contributed by atoms with E-state index in [-0.39, 0.29) is 18.3 Å². The van der Waals surface area contributed by atoms with Gasteiger partial charge >= 0.3 is 0 Å². The highest BCUT2D eigenvalue weighted by molar-refractivity contribution is 5.98. The molecular weight excluding hydrogens is 423 g/mol. The number of carbonyl (C=O) groups excluding carboxylic acids is 2. The van der Waals surface area contributed by atoms with Crippen molar-refractivity contribution < 1.29 is 18.7 Å². The van der Waals surface area contributed by atoms with Gasteiger partial charge in [0.25, 0.3) is 5.91 Å². The Hall–Kier alpha value is -4.59.